The van der Waals surface area contributed by atoms with Crippen molar-refractivity contribution in [2.75, 3.05) is 13.7 Å². The molecule has 1 aliphatic rings. The summed E-state index contributed by atoms with van der Waals surface area (Å²) < 4.78 is 17.9. The molecular weight excluding hydrogens is 197 g/mol. The lowest BCUT2D eigenvalue weighted by atomic mass is 10.0. The van der Waals surface area contributed by atoms with Crippen LogP contribution in [0, 0.1) is 0 Å². The van der Waals surface area contributed by atoms with Gasteiger partial charge >= 0.3 is 0 Å². The Balaban J connectivity index is 2.19. The molecule has 4 heteroatoms. The Morgan fingerprint density at radius 3 is 2.87 bits per heavy atom. The fourth-order valence-electron chi connectivity index (χ4n) is 1.87. The van der Waals surface area contributed by atoms with Gasteiger partial charge in [-0.25, -0.2) is 4.39 Å². The van der Waals surface area contributed by atoms with Gasteiger partial charge in [-0.05, 0) is 24.1 Å². The van der Waals surface area contributed by atoms with Crippen molar-refractivity contribution in [2.24, 2.45) is 0 Å². The number of methoxy groups -OCH3 is 1. The Bertz CT molecular complexity index is 356. The maximum atomic E-state index is 13.0. The summed E-state index contributed by atoms with van der Waals surface area (Å²) in [5.74, 6) is 0.535. The number of rotatable bonds is 2. The van der Waals surface area contributed by atoms with Gasteiger partial charge in [-0.1, -0.05) is 6.07 Å². The van der Waals surface area contributed by atoms with Crippen molar-refractivity contribution in [3.63, 3.8) is 0 Å². The minimum Gasteiger partial charge on any atom is -0.504 e. The monoisotopic (exact) mass is 211 g/mol. The summed E-state index contributed by atoms with van der Waals surface area (Å²) in [6.07, 6.45) is -0.328. The number of hydrogen-bond donors (Lipinski definition) is 2. The second kappa shape index (κ2) is 4.06. The smallest absolute Gasteiger partial charge is 0.160 e. The maximum Gasteiger partial charge on any atom is 0.160 e. The number of aromatic hydroxyl groups is 1. The molecule has 1 heterocycles. The molecule has 2 rings (SSSR count). The summed E-state index contributed by atoms with van der Waals surface area (Å²) in [5, 5.41) is 12.6. The number of hydrogen-bond acceptors (Lipinski definition) is 3. The summed E-state index contributed by atoms with van der Waals surface area (Å²) in [7, 11) is 1.50. The van der Waals surface area contributed by atoms with E-state index in [9.17, 15) is 9.50 Å². The van der Waals surface area contributed by atoms with Gasteiger partial charge in [0.2, 0.25) is 0 Å². The van der Waals surface area contributed by atoms with Gasteiger partial charge in [0.25, 0.3) is 0 Å². The maximum absolute atomic E-state index is 13.0. The predicted octanol–water partition coefficient (Wildman–Crippen LogP) is 1.77. The molecule has 0 radical (unpaired) electrons. The molecule has 2 atom stereocenters. The van der Waals surface area contributed by atoms with Crippen LogP contribution in [0.1, 0.15) is 18.0 Å². The number of alkyl halides is 1. The third kappa shape index (κ3) is 2.04. The fourth-order valence-corrected chi connectivity index (χ4v) is 1.87. The topological polar surface area (TPSA) is 41.5 Å². The lowest BCUT2D eigenvalue weighted by Crippen LogP contribution is -2.13. The van der Waals surface area contributed by atoms with E-state index in [-0.39, 0.29) is 11.8 Å². The highest BCUT2D eigenvalue weighted by molar-refractivity contribution is 5.42. The normalized spacial score (nSPS) is 25.5. The van der Waals surface area contributed by atoms with E-state index in [0.29, 0.717) is 18.7 Å². The van der Waals surface area contributed by atoms with Gasteiger partial charge in [-0.2, -0.15) is 0 Å². The van der Waals surface area contributed by atoms with Crippen molar-refractivity contribution in [1.82, 2.24) is 5.32 Å². The number of phenolic OH excluding ortho intramolecular Hbond substituents is 1. The third-order valence-corrected chi connectivity index (χ3v) is 2.68. The Morgan fingerprint density at radius 1 is 1.53 bits per heavy atom. The SMILES string of the molecule is COc1ccc([C@H]2C[C@@H](F)CN2)cc1O. The number of ether oxygens (including phenoxy) is 1. The highest BCUT2D eigenvalue weighted by atomic mass is 19.1. The van der Waals surface area contributed by atoms with Crippen molar-refractivity contribution in [3.05, 3.63) is 23.8 Å². The van der Waals surface area contributed by atoms with Crippen LogP contribution in [0.2, 0.25) is 0 Å². The van der Waals surface area contributed by atoms with E-state index < -0.39 is 6.17 Å². The third-order valence-electron chi connectivity index (χ3n) is 2.68. The molecule has 0 bridgehead atoms. The summed E-state index contributed by atoms with van der Waals surface area (Å²) >= 11 is 0. The molecule has 3 nitrogen and oxygen atoms in total. The lowest BCUT2D eigenvalue weighted by Gasteiger charge is -2.12. The first kappa shape index (κ1) is 10.2. The molecule has 0 aliphatic carbocycles. The summed E-state index contributed by atoms with van der Waals surface area (Å²) in [4.78, 5) is 0. The van der Waals surface area contributed by atoms with Gasteiger partial charge in [-0.3, -0.25) is 0 Å². The van der Waals surface area contributed by atoms with E-state index in [4.69, 9.17) is 4.74 Å². The average Bonchev–Trinajstić information content (AvgIpc) is 2.65. The van der Waals surface area contributed by atoms with E-state index in [0.717, 1.165) is 5.56 Å². The second-order valence-electron chi connectivity index (χ2n) is 3.73. The first-order valence-corrected chi connectivity index (χ1v) is 4.95. The van der Waals surface area contributed by atoms with Crippen molar-refractivity contribution in [3.8, 4) is 11.5 Å². The van der Waals surface area contributed by atoms with E-state index in [1.165, 1.54) is 7.11 Å². The van der Waals surface area contributed by atoms with Crippen molar-refractivity contribution in [2.45, 2.75) is 18.6 Å². The fraction of sp³-hybridized carbons (Fsp3) is 0.455. The van der Waals surface area contributed by atoms with E-state index >= 15 is 0 Å². The molecule has 2 N–H and O–H groups in total. The number of benzene rings is 1. The minimum absolute atomic E-state index is 0.00296. The van der Waals surface area contributed by atoms with Crippen molar-refractivity contribution >= 4 is 0 Å². The second-order valence-corrected chi connectivity index (χ2v) is 3.73. The van der Waals surface area contributed by atoms with Crippen LogP contribution in [-0.2, 0) is 0 Å². The van der Waals surface area contributed by atoms with Crippen LogP contribution in [0.3, 0.4) is 0 Å². The Labute approximate surface area is 87.9 Å². The zero-order chi connectivity index (χ0) is 10.8. The molecule has 0 saturated carbocycles. The van der Waals surface area contributed by atoms with Gasteiger partial charge in [0.1, 0.15) is 6.17 Å². The van der Waals surface area contributed by atoms with Crippen LogP contribution in [0.15, 0.2) is 18.2 Å². The molecular formula is C11H14FNO2. The molecule has 15 heavy (non-hydrogen) atoms. The van der Waals surface area contributed by atoms with Gasteiger partial charge in [0, 0.05) is 12.6 Å². The highest BCUT2D eigenvalue weighted by Gasteiger charge is 2.25. The van der Waals surface area contributed by atoms with Crippen LogP contribution < -0.4 is 10.1 Å². The zero-order valence-corrected chi connectivity index (χ0v) is 8.53. The average molecular weight is 211 g/mol. The lowest BCUT2D eigenvalue weighted by molar-refractivity contribution is 0.355. The zero-order valence-electron chi connectivity index (χ0n) is 8.53. The van der Waals surface area contributed by atoms with Gasteiger partial charge in [0.15, 0.2) is 11.5 Å². The Hall–Kier alpha value is -1.29. The molecule has 1 aromatic rings. The summed E-state index contributed by atoms with van der Waals surface area (Å²) in [6, 6.07) is 5.15. The van der Waals surface area contributed by atoms with Crippen molar-refractivity contribution in [1.29, 1.82) is 0 Å². The van der Waals surface area contributed by atoms with Gasteiger partial charge < -0.3 is 15.2 Å². The predicted molar refractivity (Wildman–Crippen MR) is 54.9 cm³/mol. The largest absolute Gasteiger partial charge is 0.504 e. The van der Waals surface area contributed by atoms with Crippen molar-refractivity contribution < 1.29 is 14.2 Å². The quantitative estimate of drug-likeness (QED) is 0.783. The van der Waals surface area contributed by atoms with Crippen LogP contribution in [-0.4, -0.2) is 24.9 Å². The van der Waals surface area contributed by atoms with Crippen LogP contribution in [0.4, 0.5) is 4.39 Å². The minimum atomic E-state index is -0.792. The molecule has 82 valence electrons. The highest BCUT2D eigenvalue weighted by Crippen LogP contribution is 2.32. The first-order chi connectivity index (χ1) is 7.20. The first-order valence-electron chi connectivity index (χ1n) is 4.95. The van der Waals surface area contributed by atoms with Crippen LogP contribution in [0.25, 0.3) is 0 Å². The number of halogens is 1. The molecule has 1 aromatic carbocycles. The summed E-state index contributed by atoms with van der Waals surface area (Å²) in [6.45, 7) is 0.386. The molecule has 1 fully saturated rings. The Morgan fingerprint density at radius 2 is 2.33 bits per heavy atom. The molecule has 0 aromatic heterocycles. The van der Waals surface area contributed by atoms with Gasteiger partial charge in [0.05, 0.1) is 7.11 Å². The van der Waals surface area contributed by atoms with Crippen LogP contribution >= 0.6 is 0 Å². The molecule has 1 aliphatic heterocycles. The summed E-state index contributed by atoms with van der Waals surface area (Å²) in [5.41, 5.74) is 0.897. The van der Waals surface area contributed by atoms with E-state index in [2.05, 4.69) is 5.32 Å². The molecule has 0 amide bonds. The molecule has 0 unspecified atom stereocenters. The molecule has 0 spiro atoms. The number of phenols is 1. The standard InChI is InChI=1S/C11H14FNO2/c1-15-11-3-2-7(4-10(11)14)9-5-8(12)6-13-9/h2-4,8-9,13-14H,5-6H2,1H3/t8-,9-/m1/s1. The number of nitrogens with one attached hydrogen (secondary N) is 1. The van der Waals surface area contributed by atoms with E-state index in [1.54, 1.807) is 12.1 Å². The van der Waals surface area contributed by atoms with Crippen LogP contribution in [0.5, 0.6) is 11.5 Å². The molecule has 1 saturated heterocycles. The van der Waals surface area contributed by atoms with E-state index in [1.807, 2.05) is 6.07 Å². The Kier molecular flexibility index (Phi) is 2.77. The van der Waals surface area contributed by atoms with Gasteiger partial charge in [-0.15, -0.1) is 0 Å².